The number of hydrogen-bond donors (Lipinski definition) is 2. The predicted octanol–water partition coefficient (Wildman–Crippen LogP) is 4.52. The van der Waals surface area contributed by atoms with Gasteiger partial charge in [0, 0.05) is 55.5 Å². The van der Waals surface area contributed by atoms with E-state index in [-0.39, 0.29) is 56.0 Å². The van der Waals surface area contributed by atoms with Crippen molar-refractivity contribution in [2.45, 2.75) is 141 Å². The number of aromatic nitrogens is 4. The molecule has 21 heteroatoms. The minimum atomic E-state index is -3.21. The summed E-state index contributed by atoms with van der Waals surface area (Å²) in [6.45, 7) is 12.2. The number of fused-ring (bicyclic) bond motifs is 1. The number of esters is 1. The Morgan fingerprint density at radius 1 is 1.11 bits per heavy atom. The Balaban J connectivity index is 0.00000273. The van der Waals surface area contributed by atoms with Crippen LogP contribution in [0.15, 0.2) is 12.4 Å². The van der Waals surface area contributed by atoms with Gasteiger partial charge in [0.25, 0.3) is 5.67 Å². The number of nitrogens with zero attached hydrogens (tertiary/aromatic N) is 6. The van der Waals surface area contributed by atoms with Crippen LogP contribution < -0.4 is 5.73 Å². The number of methoxy groups -OCH3 is 1. The van der Waals surface area contributed by atoms with Crippen LogP contribution >= 0.6 is 23.5 Å². The fourth-order valence-electron chi connectivity index (χ4n) is 8.82. The molecule has 17 nitrogen and oxygen atoms in total. The summed E-state index contributed by atoms with van der Waals surface area (Å²) >= 11 is 1.51. The number of likely N-dealkylation sites (N-methyl/N-ethyl adjacent to an activating group) is 1. The molecular weight excluding hydrogens is 853 g/mol. The van der Waals surface area contributed by atoms with Crippen LogP contribution in [0.4, 0.5) is 18.2 Å². The number of carbonyl (C=O) groups is 4. The Hall–Kier alpha value is -3.78. The summed E-state index contributed by atoms with van der Waals surface area (Å²) in [6.07, 6.45) is -1.09. The van der Waals surface area contributed by atoms with Crippen LogP contribution in [0.5, 0.6) is 0 Å². The lowest BCUT2D eigenvalue weighted by atomic mass is 9.73. The molecule has 3 saturated heterocycles. The maximum absolute atomic E-state index is 16.9. The van der Waals surface area contributed by atoms with Crippen molar-refractivity contribution in [1.29, 1.82) is 0 Å². The number of anilines is 1. The molecule has 2 aromatic rings. The summed E-state index contributed by atoms with van der Waals surface area (Å²) in [6, 6.07) is -1.43. The third-order valence-corrected chi connectivity index (χ3v) is 13.0. The SMILES string of the molecule is CC[C@H]1OC(=O)[C@@](C)(F)C(=O)[C@H](C)[C@@H](O[C@@H]2OC(C)CC(N(C)C)C2O)[C@](C)(OC)C[C@@H](C)C(=O)[C@H](C)[C@H]2N(CC#CCn3cc(-c4cnc(N)s4)nn3)C(=O)O[C@]12C.CSF. The highest BCUT2D eigenvalue weighted by Crippen LogP contribution is 2.43. The lowest BCUT2D eigenvalue weighted by Gasteiger charge is -2.47. The van der Waals surface area contributed by atoms with Crippen molar-refractivity contribution in [1.82, 2.24) is 29.8 Å². The Labute approximate surface area is 370 Å². The number of cyclic esters (lactones) is 1. The number of nitrogens with two attached hydrogens (primary N) is 1. The van der Waals surface area contributed by atoms with Gasteiger partial charge in [0.15, 0.2) is 22.8 Å². The fraction of sp³-hybridized carbons (Fsp3) is 0.732. The summed E-state index contributed by atoms with van der Waals surface area (Å²) in [5.41, 5.74) is -0.0533. The van der Waals surface area contributed by atoms with Gasteiger partial charge >= 0.3 is 12.1 Å². The Morgan fingerprint density at radius 3 is 2.34 bits per heavy atom. The number of halogens is 2. The van der Waals surface area contributed by atoms with Crippen molar-refractivity contribution in [3.63, 3.8) is 0 Å². The summed E-state index contributed by atoms with van der Waals surface area (Å²) in [4.78, 5) is 64.4. The Bertz CT molecular complexity index is 1960. The third kappa shape index (κ3) is 10.8. The number of ether oxygens (including phenoxy) is 5. The van der Waals surface area contributed by atoms with Crippen LogP contribution in [0, 0.1) is 29.6 Å². The minimum Gasteiger partial charge on any atom is -0.455 e. The third-order valence-electron chi connectivity index (χ3n) is 12.1. The zero-order chi connectivity index (χ0) is 46.5. The first-order valence-corrected chi connectivity index (χ1v) is 22.4. The van der Waals surface area contributed by atoms with Gasteiger partial charge in [0.2, 0.25) is 0 Å². The number of aliphatic hydroxyl groups is 1. The normalized spacial score (nSPS) is 35.8. The monoisotopic (exact) mass is 913 g/mol. The van der Waals surface area contributed by atoms with E-state index in [0.717, 1.165) is 11.8 Å². The number of thiazole rings is 1. The number of ketones is 2. The molecule has 3 aliphatic heterocycles. The first-order chi connectivity index (χ1) is 29.0. The first-order valence-electron chi connectivity index (χ1n) is 20.4. The van der Waals surface area contributed by atoms with Crippen molar-refractivity contribution < 1.29 is 56.2 Å². The van der Waals surface area contributed by atoms with E-state index in [0.29, 0.717) is 17.2 Å². The molecule has 13 atom stereocenters. The van der Waals surface area contributed by atoms with Crippen molar-refractivity contribution in [2.75, 3.05) is 39.7 Å². The molecular formula is C41H61F2N7O10S2. The molecule has 62 heavy (non-hydrogen) atoms. The summed E-state index contributed by atoms with van der Waals surface area (Å²) in [5.74, 6) is -0.128. The first kappa shape index (κ1) is 50.9. The van der Waals surface area contributed by atoms with Crippen LogP contribution in [0.25, 0.3) is 10.6 Å². The molecule has 1 amide bonds. The summed E-state index contributed by atoms with van der Waals surface area (Å²) < 4.78 is 59.0. The average molecular weight is 914 g/mol. The van der Waals surface area contributed by atoms with Crippen molar-refractivity contribution in [3.8, 4) is 22.4 Å². The van der Waals surface area contributed by atoms with E-state index in [2.05, 4.69) is 27.1 Å². The van der Waals surface area contributed by atoms with Gasteiger partial charge in [-0.1, -0.05) is 56.1 Å². The lowest BCUT2D eigenvalue weighted by Crippen LogP contribution is -2.61. The molecule has 5 heterocycles. The van der Waals surface area contributed by atoms with Gasteiger partial charge in [-0.15, -0.1) is 5.10 Å². The van der Waals surface area contributed by atoms with E-state index in [1.54, 1.807) is 40.1 Å². The highest BCUT2D eigenvalue weighted by atomic mass is 32.2. The van der Waals surface area contributed by atoms with Crippen LogP contribution in [-0.4, -0.2) is 152 Å². The molecule has 0 aliphatic carbocycles. The fourth-order valence-corrected chi connectivity index (χ4v) is 9.45. The van der Waals surface area contributed by atoms with Gasteiger partial charge in [0.1, 0.15) is 30.2 Å². The number of nitrogen functional groups attached to an aromatic ring is 1. The number of Topliss-reactive ketones (excluding diaryl/α,β-unsaturated/α-hetero) is 2. The standard InChI is InChI=1S/C40H58FN7O10S.CH3FS/c1-12-28-40(8)31(48(37(53)58-40)16-14-13-15-47-20-25(44-45-47)27-19-43-36(42)59-27)23(4)29(49)21(2)18-38(6,54-11)33(24(5)32(51)39(7,41)35(52)56-28)57-34-30(50)26(46(9)10)17-22(3)55-34;1-3-2/h19-24,26,28,30-31,33-34,50H,12,15-18H2,1-11H3,(H2,42,43);1H3/t21-,22?,23+,24+,26?,28-,30?,31-,33-,34+,38-,39+,40-;/m1./s1. The van der Waals surface area contributed by atoms with Crippen molar-refractivity contribution >= 4 is 52.2 Å². The van der Waals surface area contributed by atoms with E-state index < -0.39 is 83.1 Å². The quantitative estimate of drug-likeness (QED) is 0.212. The maximum Gasteiger partial charge on any atom is 0.411 e. The molecule has 0 spiro atoms. The van der Waals surface area contributed by atoms with E-state index in [4.69, 9.17) is 29.4 Å². The molecule has 3 unspecified atom stereocenters. The maximum atomic E-state index is 16.9. The van der Waals surface area contributed by atoms with Crippen molar-refractivity contribution in [3.05, 3.63) is 12.4 Å². The van der Waals surface area contributed by atoms with E-state index >= 15 is 4.39 Å². The second-order valence-corrected chi connectivity index (χ2v) is 18.3. The molecule has 5 rings (SSSR count). The van der Waals surface area contributed by atoms with Gasteiger partial charge in [-0.25, -0.2) is 23.6 Å². The van der Waals surface area contributed by atoms with E-state index in [1.165, 1.54) is 48.1 Å². The van der Waals surface area contributed by atoms with Crippen molar-refractivity contribution in [2.24, 2.45) is 17.8 Å². The van der Waals surface area contributed by atoms with Gasteiger partial charge < -0.3 is 39.4 Å². The molecule has 0 radical (unpaired) electrons. The number of amides is 1. The van der Waals surface area contributed by atoms with Crippen LogP contribution in [-0.2, 0) is 44.6 Å². The largest absolute Gasteiger partial charge is 0.455 e. The number of hydrogen-bond acceptors (Lipinski definition) is 17. The second-order valence-electron chi connectivity index (χ2n) is 16.9. The Kier molecular flexibility index (Phi) is 17.1. The van der Waals surface area contributed by atoms with Crippen LogP contribution in [0.1, 0.15) is 74.7 Å². The minimum absolute atomic E-state index is 0.0392. The highest BCUT2D eigenvalue weighted by molar-refractivity contribution is 7.93. The molecule has 346 valence electrons. The number of carbonyl (C=O) groups excluding carboxylic acids is 4. The van der Waals surface area contributed by atoms with Gasteiger partial charge in [0.05, 0.1) is 41.5 Å². The molecule has 0 bridgehead atoms. The topological polar surface area (TPSA) is 211 Å². The van der Waals surface area contributed by atoms with Crippen LogP contribution in [0.2, 0.25) is 0 Å². The van der Waals surface area contributed by atoms with Gasteiger partial charge in [-0.05, 0) is 61.1 Å². The smallest absolute Gasteiger partial charge is 0.411 e. The summed E-state index contributed by atoms with van der Waals surface area (Å²) in [5, 5.41) is 20.0. The molecule has 2 aromatic heterocycles. The van der Waals surface area contributed by atoms with E-state index in [1.807, 2.05) is 25.9 Å². The van der Waals surface area contributed by atoms with E-state index in [9.17, 15) is 28.2 Å². The zero-order valence-corrected chi connectivity index (χ0v) is 39.1. The molecule has 3 fully saturated rings. The Morgan fingerprint density at radius 2 is 1.76 bits per heavy atom. The second kappa shape index (κ2) is 20.8. The molecule has 0 aromatic carbocycles. The number of alkyl halides is 1. The summed E-state index contributed by atoms with van der Waals surface area (Å²) in [7, 11) is 5.00. The number of aliphatic hydroxyl groups excluding tert-OH is 1. The van der Waals surface area contributed by atoms with Gasteiger partial charge in [-0.2, -0.15) is 3.89 Å². The average Bonchev–Trinajstić information content (AvgIpc) is 3.94. The number of rotatable bonds is 8. The molecule has 3 aliphatic rings. The van der Waals surface area contributed by atoms with Gasteiger partial charge in [-0.3, -0.25) is 14.5 Å². The molecule has 0 saturated carbocycles. The predicted molar refractivity (Wildman–Crippen MR) is 228 cm³/mol. The molecule has 3 N–H and O–H groups in total. The van der Waals surface area contributed by atoms with Crippen LogP contribution in [0.3, 0.4) is 0 Å². The highest BCUT2D eigenvalue weighted by Gasteiger charge is 2.61. The lowest BCUT2D eigenvalue weighted by molar-refractivity contribution is -0.295. The zero-order valence-electron chi connectivity index (χ0n) is 37.4.